The predicted octanol–water partition coefficient (Wildman–Crippen LogP) is 3.28. The Morgan fingerprint density at radius 2 is 1.76 bits per heavy atom. The Morgan fingerprint density at radius 1 is 1.10 bits per heavy atom. The van der Waals surface area contributed by atoms with Crippen LogP contribution in [0, 0.1) is 3.57 Å². The molecule has 1 aliphatic heterocycles. The molecule has 2 aromatic carbocycles. The number of anilines is 1. The van der Waals surface area contributed by atoms with Gasteiger partial charge in [0.05, 0.1) is 0 Å². The van der Waals surface area contributed by atoms with Crippen molar-refractivity contribution in [3.63, 3.8) is 0 Å². The quantitative estimate of drug-likeness (QED) is 0.796. The third-order valence-corrected chi connectivity index (χ3v) is 4.67. The van der Waals surface area contributed by atoms with Gasteiger partial charge in [-0.3, -0.25) is 4.79 Å². The molecule has 3 nitrogen and oxygen atoms in total. The molecule has 1 heterocycles. The molecule has 2 aromatic rings. The Kier molecular flexibility index (Phi) is 3.99. The zero-order valence-electron chi connectivity index (χ0n) is 11.7. The zero-order chi connectivity index (χ0) is 15.0. The SMILES string of the molecule is CN1C(=O)CCc2cc(C(O)c3ccc(I)cc3)ccc21. The highest BCUT2D eigenvalue weighted by molar-refractivity contribution is 14.1. The number of aliphatic hydroxyl groups excluding tert-OH is 1. The van der Waals surface area contributed by atoms with Crippen molar-refractivity contribution < 1.29 is 9.90 Å². The largest absolute Gasteiger partial charge is 0.384 e. The van der Waals surface area contributed by atoms with Gasteiger partial charge in [-0.15, -0.1) is 0 Å². The molecule has 0 saturated carbocycles. The summed E-state index contributed by atoms with van der Waals surface area (Å²) < 4.78 is 1.15. The normalized spacial score (nSPS) is 15.8. The maximum absolute atomic E-state index is 11.7. The van der Waals surface area contributed by atoms with Crippen molar-refractivity contribution in [2.24, 2.45) is 0 Å². The first-order valence-corrected chi connectivity index (χ1v) is 7.97. The Balaban J connectivity index is 1.93. The lowest BCUT2D eigenvalue weighted by molar-refractivity contribution is -0.118. The van der Waals surface area contributed by atoms with Gasteiger partial charge >= 0.3 is 0 Å². The Labute approximate surface area is 137 Å². The van der Waals surface area contributed by atoms with Gasteiger partial charge in [0.25, 0.3) is 0 Å². The summed E-state index contributed by atoms with van der Waals surface area (Å²) in [5.74, 6) is 0.147. The van der Waals surface area contributed by atoms with Gasteiger partial charge in [0.15, 0.2) is 0 Å². The summed E-state index contributed by atoms with van der Waals surface area (Å²) in [6, 6.07) is 13.7. The second-order valence-corrected chi connectivity index (χ2v) is 6.54. The molecule has 1 aliphatic rings. The summed E-state index contributed by atoms with van der Waals surface area (Å²) in [5.41, 5.74) is 3.83. The van der Waals surface area contributed by atoms with E-state index in [0.29, 0.717) is 6.42 Å². The van der Waals surface area contributed by atoms with Crippen LogP contribution in [-0.2, 0) is 11.2 Å². The van der Waals surface area contributed by atoms with Gasteiger partial charge in [-0.05, 0) is 63.9 Å². The van der Waals surface area contributed by atoms with Crippen LogP contribution < -0.4 is 4.90 Å². The van der Waals surface area contributed by atoms with E-state index in [1.54, 1.807) is 11.9 Å². The van der Waals surface area contributed by atoms with Gasteiger partial charge in [0, 0.05) is 22.7 Å². The van der Waals surface area contributed by atoms with Gasteiger partial charge in [-0.2, -0.15) is 0 Å². The van der Waals surface area contributed by atoms with E-state index in [9.17, 15) is 9.90 Å². The van der Waals surface area contributed by atoms with Crippen molar-refractivity contribution in [2.45, 2.75) is 18.9 Å². The molecule has 3 rings (SSSR count). The van der Waals surface area contributed by atoms with Crippen LogP contribution in [0.4, 0.5) is 5.69 Å². The summed E-state index contributed by atoms with van der Waals surface area (Å²) in [6.45, 7) is 0. The number of aliphatic hydroxyl groups is 1. The fourth-order valence-corrected chi connectivity index (χ4v) is 3.04. The highest BCUT2D eigenvalue weighted by Crippen LogP contribution is 2.31. The van der Waals surface area contributed by atoms with Gasteiger partial charge in [-0.25, -0.2) is 0 Å². The standard InChI is InChI=1S/C17H16INO2/c1-19-15-8-4-13(10-12(15)5-9-16(19)20)17(21)11-2-6-14(18)7-3-11/h2-4,6-8,10,17,21H,5,9H2,1H3. The molecule has 0 aliphatic carbocycles. The lowest BCUT2D eigenvalue weighted by Crippen LogP contribution is -2.31. The van der Waals surface area contributed by atoms with Crippen molar-refractivity contribution in [3.05, 3.63) is 62.7 Å². The minimum Gasteiger partial charge on any atom is -0.384 e. The van der Waals surface area contributed by atoms with E-state index in [1.165, 1.54) is 0 Å². The van der Waals surface area contributed by atoms with E-state index in [0.717, 1.165) is 32.4 Å². The minimum atomic E-state index is -0.629. The molecule has 0 bridgehead atoms. The topological polar surface area (TPSA) is 40.5 Å². The van der Waals surface area contributed by atoms with Crippen LogP contribution in [-0.4, -0.2) is 18.1 Å². The van der Waals surface area contributed by atoms with E-state index >= 15 is 0 Å². The van der Waals surface area contributed by atoms with Crippen LogP contribution in [0.3, 0.4) is 0 Å². The summed E-state index contributed by atoms with van der Waals surface area (Å²) >= 11 is 2.25. The number of rotatable bonds is 2. The molecule has 1 unspecified atom stereocenters. The number of hydrogen-bond donors (Lipinski definition) is 1. The van der Waals surface area contributed by atoms with E-state index in [2.05, 4.69) is 22.6 Å². The van der Waals surface area contributed by atoms with Gasteiger partial charge < -0.3 is 10.0 Å². The summed E-state index contributed by atoms with van der Waals surface area (Å²) in [6.07, 6.45) is 0.647. The molecule has 0 aromatic heterocycles. The number of hydrogen-bond acceptors (Lipinski definition) is 2. The number of amides is 1. The van der Waals surface area contributed by atoms with Crippen LogP contribution in [0.15, 0.2) is 42.5 Å². The summed E-state index contributed by atoms with van der Waals surface area (Å²) in [5, 5.41) is 10.5. The second kappa shape index (κ2) is 5.77. The monoisotopic (exact) mass is 393 g/mol. The Hall–Kier alpha value is -1.40. The van der Waals surface area contributed by atoms with Crippen molar-refractivity contribution in [2.75, 3.05) is 11.9 Å². The van der Waals surface area contributed by atoms with E-state index in [4.69, 9.17) is 0 Å². The molecule has 0 radical (unpaired) electrons. The number of benzene rings is 2. The van der Waals surface area contributed by atoms with Crippen LogP contribution in [0.1, 0.15) is 29.2 Å². The molecule has 0 spiro atoms. The zero-order valence-corrected chi connectivity index (χ0v) is 13.9. The Morgan fingerprint density at radius 3 is 2.48 bits per heavy atom. The van der Waals surface area contributed by atoms with Crippen molar-refractivity contribution >= 4 is 34.2 Å². The van der Waals surface area contributed by atoms with Gasteiger partial charge in [0.2, 0.25) is 5.91 Å². The number of fused-ring (bicyclic) bond motifs is 1. The highest BCUT2D eigenvalue weighted by Gasteiger charge is 2.22. The van der Waals surface area contributed by atoms with Crippen molar-refractivity contribution in [1.82, 2.24) is 0 Å². The lowest BCUT2D eigenvalue weighted by Gasteiger charge is -2.26. The molecule has 1 N–H and O–H groups in total. The van der Waals surface area contributed by atoms with E-state index < -0.39 is 6.10 Å². The van der Waals surface area contributed by atoms with Crippen LogP contribution in [0.25, 0.3) is 0 Å². The average molecular weight is 393 g/mol. The third-order valence-electron chi connectivity index (χ3n) is 3.95. The summed E-state index contributed by atoms with van der Waals surface area (Å²) in [7, 11) is 1.80. The van der Waals surface area contributed by atoms with Crippen molar-refractivity contribution in [3.8, 4) is 0 Å². The molecular formula is C17H16INO2. The molecule has 1 amide bonds. The fourth-order valence-electron chi connectivity index (χ4n) is 2.68. The Bertz CT molecular complexity index is 682. The maximum Gasteiger partial charge on any atom is 0.227 e. The van der Waals surface area contributed by atoms with Gasteiger partial charge in [-0.1, -0.05) is 24.3 Å². The molecule has 0 fully saturated rings. The van der Waals surface area contributed by atoms with Crippen molar-refractivity contribution in [1.29, 1.82) is 0 Å². The first kappa shape index (κ1) is 14.5. The molecule has 0 saturated heterocycles. The number of carbonyl (C=O) groups is 1. The maximum atomic E-state index is 11.7. The summed E-state index contributed by atoms with van der Waals surface area (Å²) in [4.78, 5) is 13.4. The van der Waals surface area contributed by atoms with Crippen LogP contribution >= 0.6 is 22.6 Å². The first-order chi connectivity index (χ1) is 10.1. The highest BCUT2D eigenvalue weighted by atomic mass is 127. The third kappa shape index (κ3) is 2.82. The molecule has 21 heavy (non-hydrogen) atoms. The molecule has 1 atom stereocenters. The molecule has 4 heteroatoms. The van der Waals surface area contributed by atoms with Crippen LogP contribution in [0.5, 0.6) is 0 Å². The molecule has 108 valence electrons. The lowest BCUT2D eigenvalue weighted by atomic mass is 9.95. The second-order valence-electron chi connectivity index (χ2n) is 5.29. The number of carbonyl (C=O) groups excluding carboxylic acids is 1. The number of nitrogens with zero attached hydrogens (tertiary/aromatic N) is 1. The number of aryl methyl sites for hydroxylation is 1. The fraction of sp³-hybridized carbons (Fsp3) is 0.235. The predicted molar refractivity (Wildman–Crippen MR) is 91.4 cm³/mol. The van der Waals surface area contributed by atoms with Crippen LogP contribution in [0.2, 0.25) is 0 Å². The first-order valence-electron chi connectivity index (χ1n) is 6.89. The van der Waals surface area contributed by atoms with E-state index in [-0.39, 0.29) is 5.91 Å². The van der Waals surface area contributed by atoms with Gasteiger partial charge in [0.1, 0.15) is 6.10 Å². The van der Waals surface area contributed by atoms with E-state index in [1.807, 2.05) is 42.5 Å². The smallest absolute Gasteiger partial charge is 0.227 e. The average Bonchev–Trinajstić information content (AvgIpc) is 2.51. The number of halogens is 1. The molecular weight excluding hydrogens is 377 g/mol. The minimum absolute atomic E-state index is 0.147.